The summed E-state index contributed by atoms with van der Waals surface area (Å²) in [6.07, 6.45) is 0. The van der Waals surface area contributed by atoms with E-state index in [0.717, 1.165) is 11.1 Å². The molecule has 4 nitrogen and oxygen atoms in total. The normalized spacial score (nSPS) is 10.4. The highest BCUT2D eigenvalue weighted by atomic mass is 35.5. The van der Waals surface area contributed by atoms with Crippen LogP contribution in [0.3, 0.4) is 0 Å². The van der Waals surface area contributed by atoms with Gasteiger partial charge in [0.05, 0.1) is 0 Å². The number of amides is 1. The van der Waals surface area contributed by atoms with Crippen LogP contribution in [0.4, 0.5) is 5.69 Å². The van der Waals surface area contributed by atoms with E-state index in [1.54, 1.807) is 24.3 Å². The predicted molar refractivity (Wildman–Crippen MR) is 106 cm³/mol. The molecule has 0 aromatic heterocycles. The van der Waals surface area contributed by atoms with Gasteiger partial charge < -0.3 is 10.1 Å². The summed E-state index contributed by atoms with van der Waals surface area (Å²) in [5, 5.41) is 3.17. The SMILES string of the molecule is O=C(COC(=O)C(c1ccccc1)c1ccccc1)Nc1cccc(Cl)c1. The molecular formula is C22H18ClNO3. The topological polar surface area (TPSA) is 55.4 Å². The zero-order valence-electron chi connectivity index (χ0n) is 14.5. The van der Waals surface area contributed by atoms with Crippen LogP contribution in [0.1, 0.15) is 17.0 Å². The summed E-state index contributed by atoms with van der Waals surface area (Å²) in [7, 11) is 0. The predicted octanol–water partition coefficient (Wildman–Crippen LogP) is 4.65. The van der Waals surface area contributed by atoms with E-state index in [1.165, 1.54) is 0 Å². The molecule has 0 heterocycles. The molecule has 1 N–H and O–H groups in total. The Morgan fingerprint density at radius 3 is 2.00 bits per heavy atom. The van der Waals surface area contributed by atoms with E-state index in [9.17, 15) is 9.59 Å². The summed E-state index contributed by atoms with van der Waals surface area (Å²) in [5.74, 6) is -1.49. The van der Waals surface area contributed by atoms with Crippen molar-refractivity contribution in [3.05, 3.63) is 101 Å². The fourth-order valence-electron chi connectivity index (χ4n) is 2.74. The van der Waals surface area contributed by atoms with Crippen molar-refractivity contribution in [3.8, 4) is 0 Å². The van der Waals surface area contributed by atoms with Crippen molar-refractivity contribution in [1.29, 1.82) is 0 Å². The lowest BCUT2D eigenvalue weighted by atomic mass is 9.91. The Morgan fingerprint density at radius 2 is 1.44 bits per heavy atom. The number of carbonyl (C=O) groups is 2. The number of anilines is 1. The van der Waals surface area contributed by atoms with E-state index in [0.29, 0.717) is 10.7 Å². The first-order chi connectivity index (χ1) is 13.1. The molecule has 3 aromatic carbocycles. The number of rotatable bonds is 6. The molecule has 136 valence electrons. The highest BCUT2D eigenvalue weighted by Gasteiger charge is 2.24. The van der Waals surface area contributed by atoms with Crippen molar-refractivity contribution in [2.45, 2.75) is 5.92 Å². The van der Waals surface area contributed by atoms with E-state index in [1.807, 2.05) is 60.7 Å². The van der Waals surface area contributed by atoms with E-state index in [2.05, 4.69) is 5.32 Å². The second-order valence-corrected chi connectivity index (χ2v) is 6.36. The van der Waals surface area contributed by atoms with Crippen LogP contribution in [0.25, 0.3) is 0 Å². The Balaban J connectivity index is 1.69. The number of benzene rings is 3. The summed E-state index contributed by atoms with van der Waals surface area (Å²) in [6, 6.07) is 25.5. The minimum absolute atomic E-state index is 0.373. The maximum atomic E-state index is 12.7. The van der Waals surface area contributed by atoms with Gasteiger partial charge in [-0.25, -0.2) is 0 Å². The number of ether oxygens (including phenoxy) is 1. The highest BCUT2D eigenvalue weighted by molar-refractivity contribution is 6.30. The Labute approximate surface area is 162 Å². The van der Waals surface area contributed by atoms with Crippen LogP contribution >= 0.6 is 11.6 Å². The molecule has 5 heteroatoms. The summed E-state index contributed by atoms with van der Waals surface area (Å²) >= 11 is 5.90. The lowest BCUT2D eigenvalue weighted by Gasteiger charge is -2.17. The standard InChI is InChI=1S/C22H18ClNO3/c23-18-12-7-13-19(14-18)24-20(25)15-27-22(26)21(16-8-3-1-4-9-16)17-10-5-2-6-11-17/h1-14,21H,15H2,(H,24,25). The smallest absolute Gasteiger partial charge is 0.318 e. The molecule has 1 amide bonds. The fraction of sp³-hybridized carbons (Fsp3) is 0.0909. The Bertz CT molecular complexity index is 874. The van der Waals surface area contributed by atoms with Crippen molar-refractivity contribution >= 4 is 29.2 Å². The summed E-state index contributed by atoms with van der Waals surface area (Å²) in [4.78, 5) is 24.8. The zero-order chi connectivity index (χ0) is 19.1. The quantitative estimate of drug-likeness (QED) is 0.634. The van der Waals surface area contributed by atoms with Gasteiger partial charge in [0.2, 0.25) is 0 Å². The van der Waals surface area contributed by atoms with Gasteiger partial charge in [0.25, 0.3) is 5.91 Å². The lowest BCUT2D eigenvalue weighted by Crippen LogP contribution is -2.24. The average Bonchev–Trinajstić information content (AvgIpc) is 2.68. The first kappa shape index (κ1) is 18.7. The maximum Gasteiger partial charge on any atom is 0.318 e. The second kappa shape index (κ2) is 9.01. The Morgan fingerprint density at radius 1 is 0.852 bits per heavy atom. The number of carbonyl (C=O) groups excluding carboxylic acids is 2. The van der Waals surface area contributed by atoms with Crippen molar-refractivity contribution in [1.82, 2.24) is 0 Å². The Hall–Kier alpha value is -3.11. The van der Waals surface area contributed by atoms with E-state index in [-0.39, 0.29) is 6.61 Å². The first-order valence-electron chi connectivity index (χ1n) is 8.45. The molecule has 0 spiro atoms. The summed E-state index contributed by atoms with van der Waals surface area (Å²) in [5.41, 5.74) is 2.17. The van der Waals surface area contributed by atoms with E-state index < -0.39 is 17.8 Å². The molecule has 0 unspecified atom stereocenters. The van der Waals surface area contributed by atoms with Gasteiger partial charge in [-0.2, -0.15) is 0 Å². The van der Waals surface area contributed by atoms with Gasteiger partial charge in [-0.1, -0.05) is 78.3 Å². The van der Waals surface area contributed by atoms with Gasteiger partial charge in [-0.3, -0.25) is 9.59 Å². The van der Waals surface area contributed by atoms with Crippen molar-refractivity contribution in [2.24, 2.45) is 0 Å². The first-order valence-corrected chi connectivity index (χ1v) is 8.83. The fourth-order valence-corrected chi connectivity index (χ4v) is 2.93. The molecule has 3 rings (SSSR count). The molecule has 27 heavy (non-hydrogen) atoms. The van der Waals surface area contributed by atoms with Crippen molar-refractivity contribution in [2.75, 3.05) is 11.9 Å². The highest BCUT2D eigenvalue weighted by Crippen LogP contribution is 2.26. The number of nitrogens with one attached hydrogen (secondary N) is 1. The minimum Gasteiger partial charge on any atom is -0.455 e. The van der Waals surface area contributed by atoms with Crippen LogP contribution in [-0.4, -0.2) is 18.5 Å². The Kier molecular flexibility index (Phi) is 6.23. The molecule has 3 aromatic rings. The molecule has 0 radical (unpaired) electrons. The lowest BCUT2D eigenvalue weighted by molar-refractivity contribution is -0.147. The molecule has 0 saturated carbocycles. The van der Waals surface area contributed by atoms with Crippen LogP contribution in [0.15, 0.2) is 84.9 Å². The van der Waals surface area contributed by atoms with Gasteiger partial charge in [-0.05, 0) is 29.3 Å². The summed E-state index contributed by atoms with van der Waals surface area (Å²) < 4.78 is 5.29. The van der Waals surface area contributed by atoms with E-state index >= 15 is 0 Å². The largest absolute Gasteiger partial charge is 0.455 e. The zero-order valence-corrected chi connectivity index (χ0v) is 15.2. The van der Waals surface area contributed by atoms with Crippen LogP contribution in [0, 0.1) is 0 Å². The molecule has 0 aliphatic rings. The van der Waals surface area contributed by atoms with Gasteiger partial charge >= 0.3 is 5.97 Å². The molecule has 0 aliphatic carbocycles. The van der Waals surface area contributed by atoms with Gasteiger partial charge in [0.1, 0.15) is 5.92 Å². The minimum atomic E-state index is -0.591. The summed E-state index contributed by atoms with van der Waals surface area (Å²) in [6.45, 7) is -0.373. The maximum absolute atomic E-state index is 12.7. The third-order valence-electron chi connectivity index (χ3n) is 3.96. The van der Waals surface area contributed by atoms with Crippen molar-refractivity contribution < 1.29 is 14.3 Å². The molecule has 0 saturated heterocycles. The van der Waals surface area contributed by atoms with Gasteiger partial charge in [-0.15, -0.1) is 0 Å². The monoisotopic (exact) mass is 379 g/mol. The molecule has 0 atom stereocenters. The molecule has 0 fully saturated rings. The van der Waals surface area contributed by atoms with Crippen LogP contribution < -0.4 is 5.32 Å². The third kappa shape index (κ3) is 5.19. The molecule has 0 aliphatic heterocycles. The second-order valence-electron chi connectivity index (χ2n) is 5.92. The van der Waals surface area contributed by atoms with E-state index in [4.69, 9.17) is 16.3 Å². The van der Waals surface area contributed by atoms with Gasteiger partial charge in [0.15, 0.2) is 6.61 Å². The molecular weight excluding hydrogens is 362 g/mol. The third-order valence-corrected chi connectivity index (χ3v) is 4.19. The number of esters is 1. The number of hydrogen-bond donors (Lipinski definition) is 1. The van der Waals surface area contributed by atoms with Gasteiger partial charge in [0, 0.05) is 10.7 Å². The number of hydrogen-bond acceptors (Lipinski definition) is 3. The average molecular weight is 380 g/mol. The van der Waals surface area contributed by atoms with Crippen LogP contribution in [0.2, 0.25) is 5.02 Å². The molecule has 0 bridgehead atoms. The number of halogens is 1. The van der Waals surface area contributed by atoms with Crippen LogP contribution in [0.5, 0.6) is 0 Å². The van der Waals surface area contributed by atoms with Crippen molar-refractivity contribution in [3.63, 3.8) is 0 Å². The van der Waals surface area contributed by atoms with Crippen LogP contribution in [-0.2, 0) is 14.3 Å².